The minimum atomic E-state index is 0.782. The number of nitrogens with zero attached hydrogens (tertiary/aromatic N) is 3. The minimum absolute atomic E-state index is 0.782. The van der Waals surface area contributed by atoms with E-state index in [9.17, 15) is 0 Å². The first-order valence-electron chi connectivity index (χ1n) is 5.72. The average Bonchev–Trinajstić information content (AvgIpc) is 2.40. The summed E-state index contributed by atoms with van der Waals surface area (Å²) in [7, 11) is 0. The van der Waals surface area contributed by atoms with Crippen molar-refractivity contribution in [3.05, 3.63) is 54.6 Å². The molecule has 0 amide bonds. The van der Waals surface area contributed by atoms with Crippen molar-refractivity contribution < 1.29 is 0 Å². The summed E-state index contributed by atoms with van der Waals surface area (Å²) in [5, 5.41) is 4.34. The second-order valence-electron chi connectivity index (χ2n) is 4.08. The number of rotatable bonds is 2. The Balaban J connectivity index is 1.96. The minimum Gasteiger partial charge on any atom is -0.340 e. The van der Waals surface area contributed by atoms with E-state index >= 15 is 0 Å². The van der Waals surface area contributed by atoms with Gasteiger partial charge in [-0.1, -0.05) is 6.07 Å². The molecule has 4 nitrogen and oxygen atoms in total. The topological polar surface area (TPSA) is 50.7 Å². The maximum atomic E-state index is 4.47. The number of benzene rings is 1. The van der Waals surface area contributed by atoms with Crippen LogP contribution in [-0.2, 0) is 0 Å². The Kier molecular flexibility index (Phi) is 2.61. The fourth-order valence-corrected chi connectivity index (χ4v) is 1.82. The molecular formula is C14H12N4. The molecular weight excluding hydrogens is 224 g/mol. The van der Waals surface area contributed by atoms with E-state index in [0.717, 1.165) is 28.1 Å². The Bertz CT molecular complexity index is 680. The fraction of sp³-hybridized carbons (Fsp3) is 0.0714. The molecule has 1 N–H and O–H groups in total. The molecule has 0 saturated heterocycles. The lowest BCUT2D eigenvalue weighted by Crippen LogP contribution is -1.93. The number of hydrogen-bond acceptors (Lipinski definition) is 4. The second kappa shape index (κ2) is 4.41. The van der Waals surface area contributed by atoms with Gasteiger partial charge in [-0.15, -0.1) is 0 Å². The van der Waals surface area contributed by atoms with E-state index in [1.54, 1.807) is 6.20 Å². The van der Waals surface area contributed by atoms with Gasteiger partial charge in [-0.3, -0.25) is 4.98 Å². The average molecular weight is 236 g/mol. The van der Waals surface area contributed by atoms with Crippen LogP contribution in [0.5, 0.6) is 0 Å². The molecule has 3 rings (SSSR count). The summed E-state index contributed by atoms with van der Waals surface area (Å²) in [6.07, 6.45) is 3.23. The molecule has 0 radical (unpaired) electrons. The molecule has 88 valence electrons. The van der Waals surface area contributed by atoms with Crippen molar-refractivity contribution in [2.24, 2.45) is 0 Å². The SMILES string of the molecule is Cc1ccc2cc(Nc3ccncn3)ccc2n1. The molecule has 4 heteroatoms. The Labute approximate surface area is 105 Å². The van der Waals surface area contributed by atoms with Gasteiger partial charge in [0.25, 0.3) is 0 Å². The number of aromatic nitrogens is 3. The Morgan fingerprint density at radius 2 is 2.00 bits per heavy atom. The van der Waals surface area contributed by atoms with Crippen molar-refractivity contribution in [1.29, 1.82) is 0 Å². The van der Waals surface area contributed by atoms with E-state index in [-0.39, 0.29) is 0 Å². The van der Waals surface area contributed by atoms with Crippen LogP contribution in [0.4, 0.5) is 11.5 Å². The quantitative estimate of drug-likeness (QED) is 0.742. The first kappa shape index (κ1) is 10.7. The Morgan fingerprint density at radius 1 is 1.06 bits per heavy atom. The van der Waals surface area contributed by atoms with Crippen molar-refractivity contribution in [3.8, 4) is 0 Å². The number of fused-ring (bicyclic) bond motifs is 1. The lowest BCUT2D eigenvalue weighted by molar-refractivity contribution is 1.17. The third-order valence-corrected chi connectivity index (χ3v) is 2.68. The molecule has 3 aromatic rings. The van der Waals surface area contributed by atoms with E-state index < -0.39 is 0 Å². The zero-order chi connectivity index (χ0) is 12.4. The van der Waals surface area contributed by atoms with E-state index in [0.29, 0.717) is 0 Å². The monoisotopic (exact) mass is 236 g/mol. The first-order valence-corrected chi connectivity index (χ1v) is 5.72. The van der Waals surface area contributed by atoms with Crippen LogP contribution >= 0.6 is 0 Å². The lowest BCUT2D eigenvalue weighted by Gasteiger charge is -2.06. The largest absolute Gasteiger partial charge is 0.340 e. The fourth-order valence-electron chi connectivity index (χ4n) is 1.82. The maximum absolute atomic E-state index is 4.47. The van der Waals surface area contributed by atoms with E-state index in [1.807, 2.05) is 31.2 Å². The van der Waals surface area contributed by atoms with Crippen LogP contribution in [0.2, 0.25) is 0 Å². The summed E-state index contributed by atoms with van der Waals surface area (Å²) in [6, 6.07) is 12.0. The summed E-state index contributed by atoms with van der Waals surface area (Å²) in [5.74, 6) is 0.782. The predicted molar refractivity (Wildman–Crippen MR) is 71.8 cm³/mol. The standard InChI is InChI=1S/C14H12N4/c1-10-2-3-11-8-12(4-5-13(11)17-10)18-14-6-7-15-9-16-14/h2-9H,1H3,(H,15,16,18). The van der Waals surface area contributed by atoms with Crippen LogP contribution in [0.25, 0.3) is 10.9 Å². The zero-order valence-electron chi connectivity index (χ0n) is 9.96. The van der Waals surface area contributed by atoms with Gasteiger partial charge in [-0.2, -0.15) is 0 Å². The second-order valence-corrected chi connectivity index (χ2v) is 4.08. The van der Waals surface area contributed by atoms with Gasteiger partial charge in [0.15, 0.2) is 0 Å². The molecule has 0 bridgehead atoms. The molecule has 0 aliphatic carbocycles. The van der Waals surface area contributed by atoms with Gasteiger partial charge in [0, 0.05) is 23.0 Å². The van der Waals surface area contributed by atoms with Gasteiger partial charge in [0.05, 0.1) is 5.52 Å². The maximum Gasteiger partial charge on any atom is 0.133 e. The van der Waals surface area contributed by atoms with Crippen LogP contribution in [0.3, 0.4) is 0 Å². The summed E-state index contributed by atoms with van der Waals surface area (Å²) in [5.41, 5.74) is 3.02. The summed E-state index contributed by atoms with van der Waals surface area (Å²) in [6.45, 7) is 1.99. The number of anilines is 2. The van der Waals surface area contributed by atoms with Crippen LogP contribution in [0.1, 0.15) is 5.69 Å². The molecule has 2 heterocycles. The molecule has 0 aliphatic rings. The highest BCUT2D eigenvalue weighted by Gasteiger charge is 1.99. The van der Waals surface area contributed by atoms with Gasteiger partial charge in [-0.25, -0.2) is 9.97 Å². The Morgan fingerprint density at radius 3 is 2.83 bits per heavy atom. The normalized spacial score (nSPS) is 10.5. The van der Waals surface area contributed by atoms with Crippen molar-refractivity contribution >= 4 is 22.4 Å². The third-order valence-electron chi connectivity index (χ3n) is 2.68. The molecule has 18 heavy (non-hydrogen) atoms. The van der Waals surface area contributed by atoms with Crippen molar-refractivity contribution in [1.82, 2.24) is 15.0 Å². The Hall–Kier alpha value is -2.49. The van der Waals surface area contributed by atoms with E-state index in [1.165, 1.54) is 6.33 Å². The smallest absolute Gasteiger partial charge is 0.133 e. The predicted octanol–water partition coefficient (Wildman–Crippen LogP) is 3.08. The highest BCUT2D eigenvalue weighted by Crippen LogP contribution is 2.20. The van der Waals surface area contributed by atoms with Gasteiger partial charge < -0.3 is 5.32 Å². The highest BCUT2D eigenvalue weighted by atomic mass is 15.0. The first-order chi connectivity index (χ1) is 8.81. The number of nitrogens with one attached hydrogen (secondary N) is 1. The number of hydrogen-bond donors (Lipinski definition) is 1. The summed E-state index contributed by atoms with van der Waals surface area (Å²) >= 11 is 0. The van der Waals surface area contributed by atoms with Crippen LogP contribution in [0, 0.1) is 6.92 Å². The number of pyridine rings is 1. The molecule has 0 fully saturated rings. The highest BCUT2D eigenvalue weighted by molar-refractivity contribution is 5.83. The molecule has 0 saturated carbocycles. The number of aryl methyl sites for hydroxylation is 1. The molecule has 2 aromatic heterocycles. The van der Waals surface area contributed by atoms with Crippen LogP contribution in [0.15, 0.2) is 48.9 Å². The molecule has 0 atom stereocenters. The molecule has 0 spiro atoms. The van der Waals surface area contributed by atoms with Gasteiger partial charge in [0.2, 0.25) is 0 Å². The van der Waals surface area contributed by atoms with Gasteiger partial charge in [-0.05, 0) is 37.3 Å². The van der Waals surface area contributed by atoms with Gasteiger partial charge >= 0.3 is 0 Å². The lowest BCUT2D eigenvalue weighted by atomic mass is 10.2. The zero-order valence-corrected chi connectivity index (χ0v) is 9.96. The van der Waals surface area contributed by atoms with E-state index in [2.05, 4.69) is 32.4 Å². The molecule has 0 aliphatic heterocycles. The summed E-state index contributed by atoms with van der Waals surface area (Å²) in [4.78, 5) is 12.5. The molecule has 0 unspecified atom stereocenters. The summed E-state index contributed by atoms with van der Waals surface area (Å²) < 4.78 is 0. The van der Waals surface area contributed by atoms with Crippen LogP contribution in [-0.4, -0.2) is 15.0 Å². The van der Waals surface area contributed by atoms with E-state index in [4.69, 9.17) is 0 Å². The van der Waals surface area contributed by atoms with Crippen molar-refractivity contribution in [2.45, 2.75) is 6.92 Å². The third kappa shape index (κ3) is 2.13. The van der Waals surface area contributed by atoms with Crippen molar-refractivity contribution in [3.63, 3.8) is 0 Å². The van der Waals surface area contributed by atoms with Gasteiger partial charge in [0.1, 0.15) is 12.1 Å². The van der Waals surface area contributed by atoms with Crippen molar-refractivity contribution in [2.75, 3.05) is 5.32 Å². The molecule has 1 aromatic carbocycles. The van der Waals surface area contributed by atoms with Crippen LogP contribution < -0.4 is 5.32 Å².